The molecular formula is C16H24N4O. The molecule has 0 saturated heterocycles. The van der Waals surface area contributed by atoms with Crippen LogP contribution in [0, 0.1) is 13.8 Å². The van der Waals surface area contributed by atoms with E-state index in [0.717, 1.165) is 40.4 Å². The highest BCUT2D eigenvalue weighted by atomic mass is 16.5. The lowest BCUT2D eigenvalue weighted by Gasteiger charge is -2.16. The molecule has 2 rings (SSSR count). The standard InChI is InChI=1S/C16H24N4O/c1-6-12-7-15(20(4)19-12)13(17)8-14-11(3)16(21-5)10(2)9-18-14/h7,9,13H,6,8,17H2,1-5H3. The number of nitrogens with zero attached hydrogens (tertiary/aromatic N) is 3. The van der Waals surface area contributed by atoms with Gasteiger partial charge in [-0.3, -0.25) is 9.67 Å². The van der Waals surface area contributed by atoms with Gasteiger partial charge >= 0.3 is 0 Å². The van der Waals surface area contributed by atoms with Crippen molar-refractivity contribution in [1.82, 2.24) is 14.8 Å². The van der Waals surface area contributed by atoms with Gasteiger partial charge in [-0.05, 0) is 26.3 Å². The molecule has 1 unspecified atom stereocenters. The highest BCUT2D eigenvalue weighted by Crippen LogP contribution is 2.26. The van der Waals surface area contributed by atoms with Crippen molar-refractivity contribution in [2.75, 3.05) is 7.11 Å². The van der Waals surface area contributed by atoms with Gasteiger partial charge in [-0.2, -0.15) is 5.10 Å². The molecule has 0 aliphatic rings. The van der Waals surface area contributed by atoms with E-state index in [-0.39, 0.29) is 6.04 Å². The third-order valence-corrected chi connectivity index (χ3v) is 3.87. The molecular weight excluding hydrogens is 264 g/mol. The molecule has 2 N–H and O–H groups in total. The van der Waals surface area contributed by atoms with Crippen LogP contribution in [0.4, 0.5) is 0 Å². The lowest BCUT2D eigenvalue weighted by Crippen LogP contribution is -2.18. The Bertz CT molecular complexity index is 633. The summed E-state index contributed by atoms with van der Waals surface area (Å²) in [4.78, 5) is 4.52. The van der Waals surface area contributed by atoms with E-state index in [4.69, 9.17) is 10.5 Å². The molecule has 0 bridgehead atoms. The summed E-state index contributed by atoms with van der Waals surface area (Å²) in [6, 6.07) is 1.95. The van der Waals surface area contributed by atoms with Crippen LogP contribution in [-0.2, 0) is 19.9 Å². The van der Waals surface area contributed by atoms with Gasteiger partial charge in [0.2, 0.25) is 0 Å². The van der Waals surface area contributed by atoms with E-state index >= 15 is 0 Å². The Morgan fingerprint density at radius 3 is 2.67 bits per heavy atom. The number of hydrogen-bond donors (Lipinski definition) is 1. The summed E-state index contributed by atoms with van der Waals surface area (Å²) in [5.74, 6) is 0.895. The van der Waals surface area contributed by atoms with Crippen molar-refractivity contribution >= 4 is 0 Å². The average Bonchev–Trinajstić information content (AvgIpc) is 2.84. The van der Waals surface area contributed by atoms with Crippen LogP contribution in [-0.4, -0.2) is 21.9 Å². The Hall–Kier alpha value is -1.88. The van der Waals surface area contributed by atoms with Gasteiger partial charge in [0, 0.05) is 36.5 Å². The maximum Gasteiger partial charge on any atom is 0.128 e. The summed E-state index contributed by atoms with van der Waals surface area (Å²) in [6.45, 7) is 6.12. The van der Waals surface area contributed by atoms with Gasteiger partial charge in [-0.25, -0.2) is 0 Å². The van der Waals surface area contributed by atoms with Crippen molar-refractivity contribution in [3.8, 4) is 5.75 Å². The molecule has 0 amide bonds. The van der Waals surface area contributed by atoms with E-state index in [9.17, 15) is 0 Å². The monoisotopic (exact) mass is 288 g/mol. The molecule has 2 aromatic rings. The molecule has 0 aromatic carbocycles. The first-order chi connectivity index (χ1) is 9.97. The van der Waals surface area contributed by atoms with Crippen molar-refractivity contribution in [2.45, 2.75) is 39.7 Å². The summed E-state index contributed by atoms with van der Waals surface area (Å²) in [6.07, 6.45) is 3.43. The SMILES string of the molecule is CCc1cc(C(N)Cc2ncc(C)c(OC)c2C)n(C)n1. The maximum atomic E-state index is 6.35. The van der Waals surface area contributed by atoms with Gasteiger partial charge in [-0.1, -0.05) is 6.92 Å². The summed E-state index contributed by atoms with van der Waals surface area (Å²) < 4.78 is 7.32. The third kappa shape index (κ3) is 3.08. The molecule has 0 radical (unpaired) electrons. The fourth-order valence-corrected chi connectivity index (χ4v) is 2.65. The van der Waals surface area contributed by atoms with Crippen LogP contribution in [0.1, 0.15) is 41.2 Å². The number of pyridine rings is 1. The van der Waals surface area contributed by atoms with E-state index < -0.39 is 0 Å². The summed E-state index contributed by atoms with van der Waals surface area (Å²) in [5, 5.41) is 4.45. The van der Waals surface area contributed by atoms with Gasteiger partial charge in [0.25, 0.3) is 0 Å². The summed E-state index contributed by atoms with van der Waals surface area (Å²) in [5.41, 5.74) is 11.5. The van der Waals surface area contributed by atoms with Crippen LogP contribution in [0.5, 0.6) is 5.75 Å². The first kappa shape index (κ1) is 15.5. The summed E-state index contributed by atoms with van der Waals surface area (Å²) >= 11 is 0. The first-order valence-corrected chi connectivity index (χ1v) is 7.25. The molecule has 21 heavy (non-hydrogen) atoms. The van der Waals surface area contributed by atoms with Crippen molar-refractivity contribution < 1.29 is 4.74 Å². The molecule has 0 fully saturated rings. The summed E-state index contributed by atoms with van der Waals surface area (Å²) in [7, 11) is 3.62. The van der Waals surface area contributed by atoms with Gasteiger partial charge in [0.15, 0.2) is 0 Å². The van der Waals surface area contributed by atoms with Crippen LogP contribution in [0.3, 0.4) is 0 Å². The fraction of sp³-hybridized carbons (Fsp3) is 0.500. The zero-order chi connectivity index (χ0) is 15.6. The molecule has 5 heteroatoms. The predicted octanol–water partition coefficient (Wildman–Crippen LogP) is 2.25. The number of hydrogen-bond acceptors (Lipinski definition) is 4. The molecule has 1 atom stereocenters. The zero-order valence-electron chi connectivity index (χ0n) is 13.5. The Balaban J connectivity index is 2.27. The number of ether oxygens (including phenoxy) is 1. The number of nitrogens with two attached hydrogens (primary N) is 1. The normalized spacial score (nSPS) is 12.5. The highest BCUT2D eigenvalue weighted by Gasteiger charge is 2.17. The second kappa shape index (κ2) is 6.26. The van der Waals surface area contributed by atoms with Crippen molar-refractivity contribution in [3.05, 3.63) is 40.5 Å². The molecule has 0 aliphatic carbocycles. The molecule has 2 heterocycles. The van der Waals surface area contributed by atoms with Crippen molar-refractivity contribution in [2.24, 2.45) is 12.8 Å². The minimum atomic E-state index is -0.124. The lowest BCUT2D eigenvalue weighted by atomic mass is 10.0. The molecule has 0 spiro atoms. The van der Waals surface area contributed by atoms with Crippen LogP contribution in [0.25, 0.3) is 0 Å². The van der Waals surface area contributed by atoms with E-state index in [1.165, 1.54) is 0 Å². The smallest absolute Gasteiger partial charge is 0.128 e. The predicted molar refractivity (Wildman–Crippen MR) is 83.5 cm³/mol. The zero-order valence-corrected chi connectivity index (χ0v) is 13.5. The quantitative estimate of drug-likeness (QED) is 0.916. The molecule has 0 aliphatic heterocycles. The first-order valence-electron chi connectivity index (χ1n) is 7.25. The van der Waals surface area contributed by atoms with E-state index in [1.54, 1.807) is 7.11 Å². The van der Waals surface area contributed by atoms with E-state index in [1.807, 2.05) is 31.8 Å². The van der Waals surface area contributed by atoms with Crippen molar-refractivity contribution in [3.63, 3.8) is 0 Å². The van der Waals surface area contributed by atoms with Gasteiger partial charge in [0.1, 0.15) is 5.75 Å². The largest absolute Gasteiger partial charge is 0.496 e. The lowest BCUT2D eigenvalue weighted by molar-refractivity contribution is 0.406. The minimum absolute atomic E-state index is 0.124. The Morgan fingerprint density at radius 2 is 2.10 bits per heavy atom. The van der Waals surface area contributed by atoms with Crippen LogP contribution in [0.2, 0.25) is 0 Å². The van der Waals surface area contributed by atoms with E-state index in [2.05, 4.69) is 23.1 Å². The number of rotatable bonds is 5. The molecule has 2 aromatic heterocycles. The Labute approximate surface area is 126 Å². The van der Waals surface area contributed by atoms with Gasteiger partial charge < -0.3 is 10.5 Å². The van der Waals surface area contributed by atoms with Gasteiger partial charge in [0.05, 0.1) is 24.5 Å². The number of aromatic nitrogens is 3. The van der Waals surface area contributed by atoms with Crippen LogP contribution >= 0.6 is 0 Å². The third-order valence-electron chi connectivity index (χ3n) is 3.87. The Kier molecular flexibility index (Phi) is 4.63. The second-order valence-corrected chi connectivity index (χ2v) is 5.39. The molecule has 0 saturated carbocycles. The second-order valence-electron chi connectivity index (χ2n) is 5.39. The van der Waals surface area contributed by atoms with Gasteiger partial charge in [-0.15, -0.1) is 0 Å². The highest BCUT2D eigenvalue weighted by molar-refractivity contribution is 5.41. The minimum Gasteiger partial charge on any atom is -0.496 e. The molecule has 5 nitrogen and oxygen atoms in total. The van der Waals surface area contributed by atoms with E-state index in [0.29, 0.717) is 6.42 Å². The topological polar surface area (TPSA) is 66.0 Å². The number of aryl methyl sites for hydroxylation is 3. The van der Waals surface area contributed by atoms with Crippen LogP contribution in [0.15, 0.2) is 12.3 Å². The number of methoxy groups -OCH3 is 1. The average molecular weight is 288 g/mol. The fourth-order valence-electron chi connectivity index (χ4n) is 2.65. The maximum absolute atomic E-state index is 6.35. The van der Waals surface area contributed by atoms with Crippen molar-refractivity contribution in [1.29, 1.82) is 0 Å². The van der Waals surface area contributed by atoms with Crippen LogP contribution < -0.4 is 10.5 Å². The Morgan fingerprint density at radius 1 is 1.38 bits per heavy atom. The molecule has 114 valence electrons.